The highest BCUT2D eigenvalue weighted by atomic mass is 19.4. The predicted octanol–water partition coefficient (Wildman–Crippen LogP) is 5.17. The van der Waals surface area contributed by atoms with Gasteiger partial charge in [0.1, 0.15) is 5.82 Å². The third-order valence-electron chi connectivity index (χ3n) is 7.60. The second-order valence-electron chi connectivity index (χ2n) is 9.44. The third kappa shape index (κ3) is 3.44. The van der Waals surface area contributed by atoms with E-state index in [1.54, 1.807) is 27.9 Å². The van der Waals surface area contributed by atoms with E-state index in [4.69, 9.17) is 0 Å². The zero-order valence-electron chi connectivity index (χ0n) is 17.8. The van der Waals surface area contributed by atoms with Gasteiger partial charge in [-0.15, -0.1) is 0 Å². The molecular formula is C24H25F4N3O. The molecule has 2 fully saturated rings. The van der Waals surface area contributed by atoms with Crippen molar-refractivity contribution in [3.63, 3.8) is 0 Å². The maximum atomic E-state index is 13.3. The Balaban J connectivity index is 1.36. The van der Waals surface area contributed by atoms with Gasteiger partial charge in [-0.1, -0.05) is 12.5 Å². The van der Waals surface area contributed by atoms with Gasteiger partial charge >= 0.3 is 6.18 Å². The van der Waals surface area contributed by atoms with Gasteiger partial charge in [-0.2, -0.15) is 18.3 Å². The highest BCUT2D eigenvalue weighted by Crippen LogP contribution is 2.54. The van der Waals surface area contributed by atoms with E-state index in [-0.39, 0.29) is 49.0 Å². The molecule has 1 aromatic carbocycles. The normalized spacial score (nSPS) is 26.0. The second kappa shape index (κ2) is 7.46. The number of alkyl halides is 3. The predicted molar refractivity (Wildman–Crippen MR) is 111 cm³/mol. The molecule has 0 spiro atoms. The molecule has 1 saturated heterocycles. The third-order valence-corrected chi connectivity index (χ3v) is 7.60. The lowest BCUT2D eigenvalue weighted by Crippen LogP contribution is -2.47. The molecule has 1 amide bonds. The monoisotopic (exact) mass is 447 g/mol. The van der Waals surface area contributed by atoms with Crippen LogP contribution in [0.4, 0.5) is 17.6 Å². The van der Waals surface area contributed by atoms with Crippen molar-refractivity contribution in [2.24, 2.45) is 17.3 Å². The van der Waals surface area contributed by atoms with Gasteiger partial charge in [0, 0.05) is 24.4 Å². The lowest BCUT2D eigenvalue weighted by molar-refractivity contribution is -0.187. The zero-order chi connectivity index (χ0) is 22.7. The number of hydrogen-bond acceptors (Lipinski definition) is 2. The fourth-order valence-corrected chi connectivity index (χ4v) is 5.68. The van der Waals surface area contributed by atoms with E-state index in [1.165, 1.54) is 17.7 Å². The molecule has 170 valence electrons. The summed E-state index contributed by atoms with van der Waals surface area (Å²) in [6, 6.07) is 6.16. The number of carbonyl (C=O) groups is 1. The first-order valence-electron chi connectivity index (χ1n) is 11.1. The topological polar surface area (TPSA) is 38.1 Å². The van der Waals surface area contributed by atoms with Crippen LogP contribution in [0.5, 0.6) is 0 Å². The largest absolute Gasteiger partial charge is 0.391 e. The van der Waals surface area contributed by atoms with Gasteiger partial charge in [-0.3, -0.25) is 4.79 Å². The Kier molecular flexibility index (Phi) is 4.94. The van der Waals surface area contributed by atoms with Gasteiger partial charge in [-0.25, -0.2) is 9.07 Å². The first-order valence-corrected chi connectivity index (χ1v) is 11.1. The Hall–Kier alpha value is -2.64. The minimum atomic E-state index is -4.19. The first kappa shape index (κ1) is 21.2. The average Bonchev–Trinajstić information content (AvgIpc) is 3.31. The summed E-state index contributed by atoms with van der Waals surface area (Å²) in [6.45, 7) is 2.43. The van der Waals surface area contributed by atoms with Gasteiger partial charge < -0.3 is 4.90 Å². The molecule has 32 heavy (non-hydrogen) atoms. The summed E-state index contributed by atoms with van der Waals surface area (Å²) in [5.74, 6) is -1.88. The van der Waals surface area contributed by atoms with Crippen LogP contribution >= 0.6 is 0 Å². The quantitative estimate of drug-likeness (QED) is 0.596. The Labute approximate surface area is 183 Å². The Morgan fingerprint density at radius 3 is 2.47 bits per heavy atom. The van der Waals surface area contributed by atoms with E-state index >= 15 is 0 Å². The molecule has 0 unspecified atom stereocenters. The molecule has 1 aromatic heterocycles. The number of aromatic nitrogens is 2. The van der Waals surface area contributed by atoms with Crippen LogP contribution in [0, 0.1) is 23.1 Å². The SMILES string of the molecule is C[C@]12Cc3cnn(-c4ccc(F)cc4)c3C=C1CC[C@@H]2C(=O)N1CCC(C(F)(F)F)CC1. The van der Waals surface area contributed by atoms with Crippen LogP contribution in [0.2, 0.25) is 0 Å². The van der Waals surface area contributed by atoms with Gasteiger partial charge in [0.05, 0.1) is 23.5 Å². The zero-order valence-corrected chi connectivity index (χ0v) is 17.8. The highest BCUT2D eigenvalue weighted by Gasteiger charge is 2.51. The second-order valence-corrected chi connectivity index (χ2v) is 9.44. The number of fused-ring (bicyclic) bond motifs is 2. The van der Waals surface area contributed by atoms with E-state index in [9.17, 15) is 22.4 Å². The minimum absolute atomic E-state index is 0.0179. The summed E-state index contributed by atoms with van der Waals surface area (Å²) in [4.78, 5) is 15.0. The van der Waals surface area contributed by atoms with Crippen LogP contribution in [0.3, 0.4) is 0 Å². The number of hydrogen-bond donors (Lipinski definition) is 0. The van der Waals surface area contributed by atoms with Crippen LogP contribution in [-0.4, -0.2) is 39.9 Å². The summed E-state index contributed by atoms with van der Waals surface area (Å²) in [6.07, 6.45) is 1.81. The molecule has 5 rings (SSSR count). The smallest absolute Gasteiger partial charge is 0.342 e. The van der Waals surface area contributed by atoms with Crippen LogP contribution in [-0.2, 0) is 11.2 Å². The van der Waals surface area contributed by atoms with Crippen molar-refractivity contribution in [2.75, 3.05) is 13.1 Å². The number of likely N-dealkylation sites (tertiary alicyclic amines) is 1. The Morgan fingerprint density at radius 1 is 1.12 bits per heavy atom. The first-order chi connectivity index (χ1) is 15.2. The summed E-state index contributed by atoms with van der Waals surface area (Å²) < 4.78 is 54.1. The molecule has 3 aliphatic rings. The lowest BCUT2D eigenvalue weighted by Gasteiger charge is -2.40. The number of amides is 1. The summed E-state index contributed by atoms with van der Waals surface area (Å²) in [7, 11) is 0. The summed E-state index contributed by atoms with van der Waals surface area (Å²) in [5.41, 5.74) is 3.56. The summed E-state index contributed by atoms with van der Waals surface area (Å²) >= 11 is 0. The Bertz CT molecular complexity index is 1060. The molecule has 2 aliphatic carbocycles. The van der Waals surface area contributed by atoms with Crippen molar-refractivity contribution in [3.05, 3.63) is 53.1 Å². The van der Waals surface area contributed by atoms with Crippen molar-refractivity contribution in [1.82, 2.24) is 14.7 Å². The molecule has 4 nitrogen and oxygen atoms in total. The molecule has 8 heteroatoms. The van der Waals surface area contributed by atoms with Gasteiger partial charge in [0.2, 0.25) is 5.91 Å². The fourth-order valence-electron chi connectivity index (χ4n) is 5.68. The van der Waals surface area contributed by atoms with Crippen molar-refractivity contribution >= 4 is 12.0 Å². The number of halogens is 4. The molecule has 2 aromatic rings. The van der Waals surface area contributed by atoms with Gasteiger partial charge in [-0.05, 0) is 68.0 Å². The molecule has 2 heterocycles. The Morgan fingerprint density at radius 2 is 1.81 bits per heavy atom. The molecule has 1 aliphatic heterocycles. The van der Waals surface area contributed by atoms with Crippen molar-refractivity contribution in [3.8, 4) is 5.69 Å². The van der Waals surface area contributed by atoms with Crippen LogP contribution in [0.25, 0.3) is 11.8 Å². The standard InChI is InChI=1S/C24H25F4N3O/c1-23-13-15-14-29-31(19-5-3-18(25)4-6-19)21(15)12-17(23)2-7-20(23)22(32)30-10-8-16(9-11-30)24(26,27)28/h3-6,12,14,16,20H,2,7-11,13H2,1H3/t20-,23+/m1/s1. The number of piperidine rings is 1. The maximum absolute atomic E-state index is 13.3. The molecule has 1 saturated carbocycles. The van der Waals surface area contributed by atoms with E-state index in [0.29, 0.717) is 12.8 Å². The van der Waals surface area contributed by atoms with E-state index in [0.717, 1.165) is 23.4 Å². The fraction of sp³-hybridized carbons (Fsp3) is 0.500. The lowest BCUT2D eigenvalue weighted by atomic mass is 9.69. The summed E-state index contributed by atoms with van der Waals surface area (Å²) in [5, 5.41) is 4.49. The van der Waals surface area contributed by atoms with Crippen molar-refractivity contribution < 1.29 is 22.4 Å². The van der Waals surface area contributed by atoms with E-state index in [1.807, 2.05) is 0 Å². The van der Waals surface area contributed by atoms with Gasteiger partial charge in [0.15, 0.2) is 0 Å². The van der Waals surface area contributed by atoms with Crippen molar-refractivity contribution in [2.45, 2.75) is 45.2 Å². The number of benzene rings is 1. The number of rotatable bonds is 2. The number of carbonyl (C=O) groups excluding carboxylic acids is 1. The van der Waals surface area contributed by atoms with Crippen LogP contribution in [0.1, 0.15) is 43.9 Å². The molecule has 0 bridgehead atoms. The molecular weight excluding hydrogens is 422 g/mol. The minimum Gasteiger partial charge on any atom is -0.342 e. The molecule has 0 N–H and O–H groups in total. The van der Waals surface area contributed by atoms with E-state index in [2.05, 4.69) is 18.1 Å². The van der Waals surface area contributed by atoms with Crippen molar-refractivity contribution in [1.29, 1.82) is 0 Å². The van der Waals surface area contributed by atoms with Crippen LogP contribution in [0.15, 0.2) is 36.0 Å². The maximum Gasteiger partial charge on any atom is 0.391 e. The molecule has 0 radical (unpaired) electrons. The molecule has 2 atom stereocenters. The highest BCUT2D eigenvalue weighted by molar-refractivity contribution is 5.82. The van der Waals surface area contributed by atoms with E-state index < -0.39 is 12.1 Å². The number of nitrogens with zero attached hydrogens (tertiary/aromatic N) is 3. The van der Waals surface area contributed by atoms with Gasteiger partial charge in [0.25, 0.3) is 0 Å². The average molecular weight is 447 g/mol. The van der Waals surface area contributed by atoms with Crippen LogP contribution < -0.4 is 0 Å². The number of allylic oxidation sites excluding steroid dienone is 1.